The van der Waals surface area contributed by atoms with Crippen molar-refractivity contribution in [1.29, 1.82) is 0 Å². The van der Waals surface area contributed by atoms with Crippen molar-refractivity contribution in [3.05, 3.63) is 0 Å². The molecule has 0 radical (unpaired) electrons. The van der Waals surface area contributed by atoms with E-state index in [1.54, 1.807) is 0 Å². The first-order valence-corrected chi connectivity index (χ1v) is 1.00. The second-order valence-electron chi connectivity index (χ2n) is 0. The molecule has 0 aliphatic heterocycles. The molecule has 0 aromatic heterocycles. The molecule has 0 aromatic carbocycles. The van der Waals surface area contributed by atoms with Crippen LogP contribution in [0.3, 0.4) is 0 Å². The Morgan fingerprint density at radius 3 is 1.25 bits per heavy atom. The van der Waals surface area contributed by atoms with Gasteiger partial charge in [-0.1, -0.05) is 13.8 Å². The van der Waals surface area contributed by atoms with Gasteiger partial charge in [-0.15, -0.1) is 0 Å². The van der Waals surface area contributed by atoms with Crippen molar-refractivity contribution < 1.29 is 31.0 Å². The smallest absolute Gasteiger partial charge is 1.00 e. The largest absolute Gasteiger partial charge is 1.00 e. The van der Waals surface area contributed by atoms with Gasteiger partial charge < -0.3 is 1.43 Å². The van der Waals surface area contributed by atoms with Gasteiger partial charge in [0, 0.05) is 0 Å². The van der Waals surface area contributed by atoms with Crippen molar-refractivity contribution in [1.82, 2.24) is 0 Å². The molecule has 0 aromatic rings. The summed E-state index contributed by atoms with van der Waals surface area (Å²) >= 11 is 0. The zero-order chi connectivity index (χ0) is 2.00. The van der Waals surface area contributed by atoms with Gasteiger partial charge >= 0.3 is 29.6 Å². The Kier molecular flexibility index (Phi) is 123. The molecule has 0 nitrogen and oxygen atoms in total. The number of hydrogen-bond donors (Lipinski definition) is 0. The maximum Gasteiger partial charge on any atom is 1.00 e. The Bertz CT molecular complexity index is 9.61. The van der Waals surface area contributed by atoms with Gasteiger partial charge in [-0.05, 0) is 0 Å². The van der Waals surface area contributed by atoms with E-state index >= 15 is 0 Å². The SMILES string of the molecule is CC.S.[H-].[Na+]. The van der Waals surface area contributed by atoms with Crippen molar-refractivity contribution in [3.63, 3.8) is 0 Å². The Hall–Kier alpha value is 1.35. The summed E-state index contributed by atoms with van der Waals surface area (Å²) in [6.45, 7) is 4.00. The predicted octanol–water partition coefficient (Wildman–Crippen LogP) is -1.74. The third kappa shape index (κ3) is 10.2. The summed E-state index contributed by atoms with van der Waals surface area (Å²) in [5.74, 6) is 0. The van der Waals surface area contributed by atoms with Crippen LogP contribution in [0.5, 0.6) is 0 Å². The monoisotopic (exact) mass is 88.0 g/mol. The van der Waals surface area contributed by atoms with E-state index in [-0.39, 0.29) is 44.5 Å². The molecular weight excluding hydrogens is 79.1 g/mol. The van der Waals surface area contributed by atoms with E-state index in [4.69, 9.17) is 0 Å². The Balaban J connectivity index is -0.00000000167. The molecular formula is C2H9NaS. The molecule has 0 N–H and O–H groups in total. The Labute approximate surface area is 58.2 Å². The molecule has 0 saturated carbocycles. The van der Waals surface area contributed by atoms with E-state index in [2.05, 4.69) is 0 Å². The first kappa shape index (κ1) is 18.3. The van der Waals surface area contributed by atoms with Gasteiger partial charge in [-0.3, -0.25) is 0 Å². The van der Waals surface area contributed by atoms with Crippen LogP contribution in [0, 0.1) is 0 Å². The Morgan fingerprint density at radius 2 is 1.25 bits per heavy atom. The molecule has 0 atom stereocenters. The topological polar surface area (TPSA) is 0 Å². The van der Waals surface area contributed by atoms with E-state index < -0.39 is 0 Å². The first-order valence-electron chi connectivity index (χ1n) is 1.00. The molecule has 0 fully saturated rings. The van der Waals surface area contributed by atoms with Crippen LogP contribution in [-0.4, -0.2) is 0 Å². The van der Waals surface area contributed by atoms with Crippen molar-refractivity contribution in [2.45, 2.75) is 13.8 Å². The summed E-state index contributed by atoms with van der Waals surface area (Å²) in [7, 11) is 0. The average Bonchev–Trinajstić information content (AvgIpc) is 1.00. The van der Waals surface area contributed by atoms with Gasteiger partial charge in [-0.2, -0.15) is 13.5 Å². The molecule has 0 heterocycles. The summed E-state index contributed by atoms with van der Waals surface area (Å²) in [5, 5.41) is 0. The van der Waals surface area contributed by atoms with Gasteiger partial charge in [0.1, 0.15) is 0 Å². The number of rotatable bonds is 0. The molecule has 0 unspecified atom stereocenters. The van der Waals surface area contributed by atoms with E-state index in [0.29, 0.717) is 0 Å². The molecule has 0 rings (SSSR count). The average molecular weight is 88.2 g/mol. The Morgan fingerprint density at radius 1 is 1.25 bits per heavy atom. The molecule has 0 spiro atoms. The fourth-order valence-electron chi connectivity index (χ4n) is 0. The van der Waals surface area contributed by atoms with Gasteiger partial charge in [0.05, 0.1) is 0 Å². The minimum Gasteiger partial charge on any atom is -1.00 e. The van der Waals surface area contributed by atoms with Crippen molar-refractivity contribution >= 4 is 13.5 Å². The van der Waals surface area contributed by atoms with Crippen molar-refractivity contribution in [3.8, 4) is 0 Å². The minimum atomic E-state index is 0. The molecule has 0 amide bonds. The van der Waals surface area contributed by atoms with Gasteiger partial charge in [-0.25, -0.2) is 0 Å². The van der Waals surface area contributed by atoms with Crippen LogP contribution in [0.15, 0.2) is 0 Å². The van der Waals surface area contributed by atoms with E-state index in [0.717, 1.165) is 0 Å². The van der Waals surface area contributed by atoms with Crippen LogP contribution >= 0.6 is 13.5 Å². The zero-order valence-electron chi connectivity index (χ0n) is 4.50. The van der Waals surface area contributed by atoms with Gasteiger partial charge in [0.25, 0.3) is 0 Å². The van der Waals surface area contributed by atoms with Crippen LogP contribution < -0.4 is 29.6 Å². The molecule has 0 saturated heterocycles. The van der Waals surface area contributed by atoms with Crippen molar-refractivity contribution in [2.24, 2.45) is 0 Å². The quantitative estimate of drug-likeness (QED) is 0.308. The summed E-state index contributed by atoms with van der Waals surface area (Å²) in [4.78, 5) is 0. The minimum absolute atomic E-state index is 0. The second kappa shape index (κ2) is 26.8. The van der Waals surface area contributed by atoms with Crippen LogP contribution in [0.4, 0.5) is 0 Å². The molecule has 0 bridgehead atoms. The molecule has 0 aliphatic rings. The predicted molar refractivity (Wildman–Crippen MR) is 22.8 cm³/mol. The standard InChI is InChI=1S/C2H6.Na.H2S.H/c1-2;;;/h1-2H3;;1H2;/q;+1;;-1. The molecule has 2 heteroatoms. The van der Waals surface area contributed by atoms with E-state index in [1.807, 2.05) is 13.8 Å². The van der Waals surface area contributed by atoms with Gasteiger partial charge in [0.2, 0.25) is 0 Å². The third-order valence-corrected chi connectivity index (χ3v) is 0. The van der Waals surface area contributed by atoms with Gasteiger partial charge in [0.15, 0.2) is 0 Å². The molecule has 0 aliphatic carbocycles. The van der Waals surface area contributed by atoms with Crippen molar-refractivity contribution in [2.75, 3.05) is 0 Å². The van der Waals surface area contributed by atoms with Crippen LogP contribution in [0.25, 0.3) is 0 Å². The second-order valence-corrected chi connectivity index (χ2v) is 0. The fourth-order valence-corrected chi connectivity index (χ4v) is 0. The van der Waals surface area contributed by atoms with E-state index in [1.165, 1.54) is 0 Å². The summed E-state index contributed by atoms with van der Waals surface area (Å²) in [6, 6.07) is 0. The molecule has 24 valence electrons. The van der Waals surface area contributed by atoms with Crippen LogP contribution in [0.1, 0.15) is 15.3 Å². The van der Waals surface area contributed by atoms with E-state index in [9.17, 15) is 0 Å². The summed E-state index contributed by atoms with van der Waals surface area (Å²) in [5.41, 5.74) is 0. The third-order valence-electron chi connectivity index (χ3n) is 0. The summed E-state index contributed by atoms with van der Waals surface area (Å²) < 4.78 is 0. The number of hydrogen-bond acceptors (Lipinski definition) is 0. The maximum absolute atomic E-state index is 2.00. The normalized spacial score (nSPS) is 1.50. The molecule has 4 heavy (non-hydrogen) atoms. The zero-order valence-corrected chi connectivity index (χ0v) is 6.50. The van der Waals surface area contributed by atoms with Crippen LogP contribution in [0.2, 0.25) is 0 Å². The maximum atomic E-state index is 2.00. The summed E-state index contributed by atoms with van der Waals surface area (Å²) in [6.07, 6.45) is 0. The van der Waals surface area contributed by atoms with Crippen LogP contribution in [-0.2, 0) is 0 Å². The fraction of sp³-hybridized carbons (Fsp3) is 1.00. The first-order chi connectivity index (χ1) is 1.00.